The molecule has 0 radical (unpaired) electrons. The summed E-state index contributed by atoms with van der Waals surface area (Å²) in [4.78, 5) is 18.2. The van der Waals surface area contributed by atoms with Gasteiger partial charge in [-0.3, -0.25) is 0 Å². The molecule has 17 heavy (non-hydrogen) atoms. The first-order valence-electron chi connectivity index (χ1n) is 1.11. The number of hydrogen-bond acceptors (Lipinski definition) is 2. The Bertz CT molecular complexity index is 80.2. The van der Waals surface area contributed by atoms with Gasteiger partial charge in [0.25, 0.3) is 0 Å². The van der Waals surface area contributed by atoms with Crippen molar-refractivity contribution in [3.63, 3.8) is 0 Å². The molecule has 0 bridgehead atoms. The third-order valence-corrected chi connectivity index (χ3v) is 0.183. The second-order valence-electron chi connectivity index (χ2n) is 0.610. The molecule has 0 aromatic carbocycles. The molecule has 0 aromatic heterocycles. The van der Waals surface area contributed by atoms with Gasteiger partial charge in [-0.15, -0.1) is 0 Å². The van der Waals surface area contributed by atoms with Crippen LogP contribution < -0.4 is 0 Å². The van der Waals surface area contributed by atoms with Crippen LogP contribution in [0.25, 0.3) is 0 Å². The quantitative estimate of drug-likeness (QED) is 0.324. The Balaban J connectivity index is -0.00000000227. The van der Waals surface area contributed by atoms with Crippen molar-refractivity contribution in [2.75, 3.05) is 0 Å². The van der Waals surface area contributed by atoms with Gasteiger partial charge in [0.1, 0.15) is 0 Å². The summed E-state index contributed by atoms with van der Waals surface area (Å²) in [6, 6.07) is 0. The van der Waals surface area contributed by atoms with Crippen LogP contribution in [0.2, 0.25) is 0 Å². The zero-order valence-corrected chi connectivity index (χ0v) is 9.77. The molecule has 0 saturated heterocycles. The minimum Gasteiger partial charge on any atom is -0.473 e. The molecule has 0 aliphatic carbocycles. The molecule has 0 aliphatic heterocycles. The zero-order chi connectivity index (χ0) is 5.15. The van der Waals surface area contributed by atoms with Gasteiger partial charge in [-0.05, 0) is 0 Å². The van der Waals surface area contributed by atoms with Gasteiger partial charge in [0.2, 0.25) is 0 Å². The van der Waals surface area contributed by atoms with Gasteiger partial charge in [0.05, 0.1) is 0 Å². The fourth-order valence-electron chi connectivity index (χ4n) is 0. The Morgan fingerprint density at radius 3 is 0.529 bits per heavy atom. The number of aliphatic carboxylic acids is 2. The van der Waals surface area contributed by atoms with Gasteiger partial charge in [-0.1, -0.05) is 0 Å². The van der Waals surface area contributed by atoms with Gasteiger partial charge in [0, 0.05) is 21.7 Å². The molecule has 0 spiro atoms. The Morgan fingerprint density at radius 1 is 0.471 bits per heavy atom. The zero-order valence-electron chi connectivity index (χ0n) is 8.21. The summed E-state index contributed by atoms with van der Waals surface area (Å²) >= 11 is 0. The predicted octanol–water partition coefficient (Wildman–Crippen LogP) is -9.09. The molecule has 14 nitrogen and oxygen atoms in total. The van der Waals surface area contributed by atoms with Crippen LogP contribution in [0.1, 0.15) is 0 Å². The molecule has 15 heteroatoms. The summed E-state index contributed by atoms with van der Waals surface area (Å²) in [5.74, 6) is -3.65. The van der Waals surface area contributed by atoms with Gasteiger partial charge < -0.3 is 65.0 Å². The van der Waals surface area contributed by atoms with Gasteiger partial charge in [-0.25, -0.2) is 9.59 Å². The standard InChI is InChI=1S/C2H2O4.10H2O.Ti/c3-1(4)2(5)6;;;;;;;;;;;/h(H,3,4)(H,5,6);10*1H2;. The van der Waals surface area contributed by atoms with Crippen LogP contribution in [0.5, 0.6) is 0 Å². The van der Waals surface area contributed by atoms with Crippen LogP contribution in [0.15, 0.2) is 0 Å². The molecule has 0 aromatic rings. The van der Waals surface area contributed by atoms with Crippen LogP contribution in [0, 0.1) is 0 Å². The van der Waals surface area contributed by atoms with Gasteiger partial charge in [0.15, 0.2) is 0 Å². The minimum absolute atomic E-state index is 0. The van der Waals surface area contributed by atoms with Crippen molar-refractivity contribution >= 4 is 11.9 Å². The van der Waals surface area contributed by atoms with E-state index in [1.165, 1.54) is 0 Å². The summed E-state index contributed by atoms with van der Waals surface area (Å²) < 4.78 is 0. The first-order chi connectivity index (χ1) is 2.64. The van der Waals surface area contributed by atoms with Crippen molar-refractivity contribution in [2.45, 2.75) is 0 Å². The van der Waals surface area contributed by atoms with Crippen LogP contribution in [0.4, 0.5) is 0 Å². The van der Waals surface area contributed by atoms with E-state index in [1.807, 2.05) is 0 Å². The Kier molecular flexibility index (Phi) is 1380. The molecule has 0 heterocycles. The van der Waals surface area contributed by atoms with Crippen LogP contribution in [-0.4, -0.2) is 76.9 Å². The Morgan fingerprint density at radius 2 is 0.529 bits per heavy atom. The normalized spacial score (nSPS) is 2.59. The van der Waals surface area contributed by atoms with E-state index in [4.69, 9.17) is 19.8 Å². The SMILES string of the molecule is O.O.O.O.O.O.O.O.O.O.O=C(O)C(=O)O.[Ti]. The molecule has 22 N–H and O–H groups in total. The molecule has 0 atom stereocenters. The first-order valence-corrected chi connectivity index (χ1v) is 1.11. The Hall–Kier alpha value is -0.746. The third-order valence-electron chi connectivity index (χ3n) is 0.183. The number of hydrogen-bond donors (Lipinski definition) is 2. The average Bonchev–Trinajstić information content (AvgIpc) is 1.36. The molecule has 0 fully saturated rings. The smallest absolute Gasteiger partial charge is 0.414 e. The summed E-state index contributed by atoms with van der Waals surface area (Å²) in [5, 5.41) is 14.8. The molecule has 0 rings (SSSR count). The number of rotatable bonds is 0. The topological polar surface area (TPSA) is 390 Å². The second kappa shape index (κ2) is 112. The molecule has 0 amide bonds. The molecule has 118 valence electrons. The van der Waals surface area contributed by atoms with Crippen molar-refractivity contribution < 1.29 is 96.3 Å². The van der Waals surface area contributed by atoms with E-state index in [2.05, 4.69) is 0 Å². The number of carboxylic acid groups (broad SMARTS) is 2. The summed E-state index contributed by atoms with van der Waals surface area (Å²) in [6.07, 6.45) is 0. The molecule has 0 unspecified atom stereocenters. The molecule has 0 saturated carbocycles. The third kappa shape index (κ3) is 253. The van der Waals surface area contributed by atoms with E-state index in [0.29, 0.717) is 0 Å². The van der Waals surface area contributed by atoms with E-state index < -0.39 is 11.9 Å². The van der Waals surface area contributed by atoms with Crippen molar-refractivity contribution in [3.8, 4) is 0 Å². The monoisotopic (exact) mass is 318 g/mol. The van der Waals surface area contributed by atoms with Crippen LogP contribution in [0.3, 0.4) is 0 Å². The van der Waals surface area contributed by atoms with E-state index in [-0.39, 0.29) is 76.5 Å². The maximum atomic E-state index is 9.10. The number of carbonyl (C=O) groups is 2. The van der Waals surface area contributed by atoms with Crippen molar-refractivity contribution in [1.29, 1.82) is 0 Å². The van der Waals surface area contributed by atoms with E-state index in [9.17, 15) is 0 Å². The van der Waals surface area contributed by atoms with E-state index in [0.717, 1.165) is 0 Å². The van der Waals surface area contributed by atoms with Gasteiger partial charge >= 0.3 is 11.9 Å². The van der Waals surface area contributed by atoms with Crippen LogP contribution >= 0.6 is 0 Å². The summed E-state index contributed by atoms with van der Waals surface area (Å²) in [6.45, 7) is 0. The summed E-state index contributed by atoms with van der Waals surface area (Å²) in [5.41, 5.74) is 0. The van der Waals surface area contributed by atoms with Crippen molar-refractivity contribution in [3.05, 3.63) is 0 Å². The molecule has 0 aliphatic rings. The molecular formula is C2H22O14Ti. The minimum atomic E-state index is -1.82. The number of carboxylic acids is 2. The predicted molar refractivity (Wildman–Crippen MR) is 51.4 cm³/mol. The van der Waals surface area contributed by atoms with Gasteiger partial charge in [-0.2, -0.15) is 0 Å². The summed E-state index contributed by atoms with van der Waals surface area (Å²) in [7, 11) is 0. The van der Waals surface area contributed by atoms with E-state index in [1.54, 1.807) is 0 Å². The van der Waals surface area contributed by atoms with Crippen molar-refractivity contribution in [1.82, 2.24) is 0 Å². The molecular weight excluding hydrogens is 296 g/mol. The largest absolute Gasteiger partial charge is 0.473 e. The van der Waals surface area contributed by atoms with Crippen molar-refractivity contribution in [2.24, 2.45) is 0 Å². The average molecular weight is 318 g/mol. The maximum Gasteiger partial charge on any atom is 0.414 e. The van der Waals surface area contributed by atoms with E-state index >= 15 is 0 Å². The fraction of sp³-hybridized carbons (Fsp3) is 0. The Labute approximate surface area is 109 Å². The second-order valence-corrected chi connectivity index (χ2v) is 0.610. The maximum absolute atomic E-state index is 9.10. The van der Waals surface area contributed by atoms with Crippen LogP contribution in [-0.2, 0) is 31.3 Å². The first kappa shape index (κ1) is 209. The fourth-order valence-corrected chi connectivity index (χ4v) is 0.